The Kier molecular flexibility index (Phi) is 5.08. The molecule has 2 amide bonds. The van der Waals surface area contributed by atoms with Gasteiger partial charge in [0, 0.05) is 38.2 Å². The fourth-order valence-corrected chi connectivity index (χ4v) is 2.94. The predicted octanol–water partition coefficient (Wildman–Crippen LogP) is 1.63. The smallest absolute Gasteiger partial charge is 0.267 e. The van der Waals surface area contributed by atoms with E-state index in [9.17, 15) is 9.59 Å². The van der Waals surface area contributed by atoms with Crippen LogP contribution in [0, 0.1) is 0 Å². The van der Waals surface area contributed by atoms with E-state index >= 15 is 0 Å². The Bertz CT molecular complexity index is 653. The van der Waals surface area contributed by atoms with Crippen LogP contribution >= 0.6 is 0 Å². The van der Waals surface area contributed by atoms with Crippen molar-refractivity contribution in [2.45, 2.75) is 51.2 Å². The van der Waals surface area contributed by atoms with Crippen LogP contribution in [0.4, 0.5) is 0 Å². The number of nitrogens with zero attached hydrogens (tertiary/aromatic N) is 3. The van der Waals surface area contributed by atoms with Crippen molar-refractivity contribution in [3.05, 3.63) is 23.9 Å². The number of ether oxygens (including phenoxy) is 1. The maximum absolute atomic E-state index is 12.2. The Morgan fingerprint density at radius 3 is 2.92 bits per heavy atom. The van der Waals surface area contributed by atoms with Gasteiger partial charge in [0.25, 0.3) is 5.91 Å². The third-order valence-electron chi connectivity index (χ3n) is 4.34. The lowest BCUT2D eigenvalue weighted by Crippen LogP contribution is -2.37. The van der Waals surface area contributed by atoms with Crippen molar-refractivity contribution < 1.29 is 14.3 Å². The largest absolute Gasteiger partial charge is 0.474 e. The number of aromatic nitrogens is 1. The molecule has 2 heterocycles. The quantitative estimate of drug-likeness (QED) is 0.889. The number of pyridine rings is 1. The number of carbonyl (C=O) groups excluding carboxylic acids is 2. The van der Waals surface area contributed by atoms with E-state index in [4.69, 9.17) is 4.74 Å². The highest BCUT2D eigenvalue weighted by molar-refractivity contribution is 6.39. The number of carbonyl (C=O) groups is 2. The van der Waals surface area contributed by atoms with Gasteiger partial charge in [-0.15, -0.1) is 0 Å². The van der Waals surface area contributed by atoms with E-state index in [2.05, 4.69) is 15.4 Å². The molecule has 2 aliphatic rings. The molecule has 0 saturated heterocycles. The second-order valence-electron chi connectivity index (χ2n) is 6.14. The molecule has 0 aromatic carbocycles. The maximum atomic E-state index is 12.2. The van der Waals surface area contributed by atoms with Gasteiger partial charge in [-0.3, -0.25) is 9.59 Å². The van der Waals surface area contributed by atoms with Gasteiger partial charge < -0.3 is 10.1 Å². The molecule has 3 rings (SSSR count). The van der Waals surface area contributed by atoms with Crippen LogP contribution in [0.25, 0.3) is 0 Å². The predicted molar refractivity (Wildman–Crippen MR) is 88.4 cm³/mol. The first-order valence-electron chi connectivity index (χ1n) is 8.36. The lowest BCUT2D eigenvalue weighted by atomic mass is 10.1. The number of hydrogen-bond donors (Lipinski definition) is 1. The minimum Gasteiger partial charge on any atom is -0.474 e. The average Bonchev–Trinajstić information content (AvgIpc) is 3.09. The van der Waals surface area contributed by atoms with Crippen molar-refractivity contribution in [1.29, 1.82) is 0 Å². The summed E-state index contributed by atoms with van der Waals surface area (Å²) in [7, 11) is 1.56. The van der Waals surface area contributed by atoms with Crippen molar-refractivity contribution in [3.63, 3.8) is 0 Å². The topological polar surface area (TPSA) is 83.9 Å². The van der Waals surface area contributed by atoms with Crippen LogP contribution in [-0.4, -0.2) is 40.7 Å². The van der Waals surface area contributed by atoms with E-state index in [0.29, 0.717) is 31.0 Å². The van der Waals surface area contributed by atoms with Gasteiger partial charge in [-0.1, -0.05) is 6.07 Å². The lowest BCUT2D eigenvalue weighted by molar-refractivity contribution is -0.130. The van der Waals surface area contributed by atoms with Crippen LogP contribution in [0.15, 0.2) is 23.4 Å². The van der Waals surface area contributed by atoms with Crippen LogP contribution in [0.3, 0.4) is 0 Å². The Hall–Kier alpha value is -2.44. The highest BCUT2D eigenvalue weighted by atomic mass is 16.5. The number of rotatable bonds is 5. The van der Waals surface area contributed by atoms with Crippen LogP contribution in [0.2, 0.25) is 0 Å². The van der Waals surface area contributed by atoms with E-state index < -0.39 is 0 Å². The van der Waals surface area contributed by atoms with E-state index in [0.717, 1.165) is 18.4 Å². The molecule has 0 atom stereocenters. The third-order valence-corrected chi connectivity index (χ3v) is 4.34. The fourth-order valence-electron chi connectivity index (χ4n) is 2.94. The van der Waals surface area contributed by atoms with Gasteiger partial charge in [0.1, 0.15) is 11.8 Å². The third kappa shape index (κ3) is 3.90. The summed E-state index contributed by atoms with van der Waals surface area (Å²) in [5.41, 5.74) is 1.22. The van der Waals surface area contributed by atoms with Gasteiger partial charge in [0.05, 0.1) is 0 Å². The zero-order valence-corrected chi connectivity index (χ0v) is 13.8. The molecular weight excluding hydrogens is 308 g/mol. The van der Waals surface area contributed by atoms with Crippen molar-refractivity contribution >= 4 is 17.5 Å². The summed E-state index contributed by atoms with van der Waals surface area (Å²) in [5, 5.41) is 8.08. The molecule has 0 bridgehead atoms. The second-order valence-corrected chi connectivity index (χ2v) is 6.14. The van der Waals surface area contributed by atoms with Gasteiger partial charge in [-0.2, -0.15) is 5.10 Å². The summed E-state index contributed by atoms with van der Waals surface area (Å²) in [6, 6.07) is 3.73. The molecule has 1 saturated carbocycles. The number of hydrazone groups is 1. The van der Waals surface area contributed by atoms with Gasteiger partial charge in [0.2, 0.25) is 11.8 Å². The van der Waals surface area contributed by atoms with E-state index in [1.54, 1.807) is 13.2 Å². The van der Waals surface area contributed by atoms with Gasteiger partial charge >= 0.3 is 0 Å². The molecule has 7 nitrogen and oxygen atoms in total. The first kappa shape index (κ1) is 16.4. The minimum atomic E-state index is -0.259. The number of hydrogen-bond acceptors (Lipinski definition) is 5. The Morgan fingerprint density at radius 1 is 1.38 bits per heavy atom. The monoisotopic (exact) mass is 330 g/mol. The Balaban J connectivity index is 1.61. The molecule has 24 heavy (non-hydrogen) atoms. The summed E-state index contributed by atoms with van der Waals surface area (Å²) >= 11 is 0. The number of nitrogens with one attached hydrogen (secondary N) is 1. The Morgan fingerprint density at radius 2 is 2.17 bits per heavy atom. The first-order chi connectivity index (χ1) is 11.6. The van der Waals surface area contributed by atoms with Crippen molar-refractivity contribution in [1.82, 2.24) is 15.3 Å². The SMILES string of the molecule is CN1N=C(C(=O)NCc2cccnc2OC2CCCC2)CCC1=O. The summed E-state index contributed by atoms with van der Waals surface area (Å²) in [5.74, 6) is 0.249. The van der Waals surface area contributed by atoms with Crippen molar-refractivity contribution in [2.75, 3.05) is 7.05 Å². The molecule has 128 valence electrons. The normalized spacial score (nSPS) is 18.5. The molecule has 0 spiro atoms. The molecular formula is C17H22N4O3. The zero-order valence-electron chi connectivity index (χ0n) is 13.8. The molecule has 1 aromatic rings. The van der Waals surface area contributed by atoms with Gasteiger partial charge in [-0.05, 0) is 31.7 Å². The van der Waals surface area contributed by atoms with E-state index in [1.807, 2.05) is 12.1 Å². The van der Waals surface area contributed by atoms with Crippen LogP contribution in [0.1, 0.15) is 44.1 Å². The number of amides is 2. The van der Waals surface area contributed by atoms with E-state index in [-0.39, 0.29) is 17.9 Å². The second kappa shape index (κ2) is 7.42. The molecule has 1 aromatic heterocycles. The molecule has 1 fully saturated rings. The highest BCUT2D eigenvalue weighted by Gasteiger charge is 2.22. The van der Waals surface area contributed by atoms with E-state index in [1.165, 1.54) is 17.9 Å². The zero-order chi connectivity index (χ0) is 16.9. The van der Waals surface area contributed by atoms with Gasteiger partial charge in [0.15, 0.2) is 0 Å². The molecule has 0 unspecified atom stereocenters. The first-order valence-corrected chi connectivity index (χ1v) is 8.36. The fraction of sp³-hybridized carbons (Fsp3) is 0.529. The minimum absolute atomic E-state index is 0.0777. The van der Waals surface area contributed by atoms with Crippen LogP contribution in [0.5, 0.6) is 5.88 Å². The van der Waals surface area contributed by atoms with Crippen molar-refractivity contribution in [3.8, 4) is 5.88 Å². The standard InChI is InChI=1S/C17H22N4O3/c1-21-15(22)9-8-14(20-21)16(23)19-11-12-5-4-10-18-17(12)24-13-6-2-3-7-13/h4-5,10,13H,2-3,6-9,11H2,1H3,(H,19,23). The van der Waals surface area contributed by atoms with Crippen molar-refractivity contribution in [2.24, 2.45) is 5.10 Å². The summed E-state index contributed by atoms with van der Waals surface area (Å²) < 4.78 is 5.97. The molecule has 7 heteroatoms. The van der Waals surface area contributed by atoms with Crippen LogP contribution in [-0.2, 0) is 16.1 Å². The summed E-state index contributed by atoms with van der Waals surface area (Å²) in [4.78, 5) is 27.9. The van der Waals surface area contributed by atoms with Gasteiger partial charge in [-0.25, -0.2) is 9.99 Å². The molecule has 1 aliphatic carbocycles. The molecule has 1 aliphatic heterocycles. The highest BCUT2D eigenvalue weighted by Crippen LogP contribution is 2.24. The van der Waals surface area contributed by atoms with Crippen LogP contribution < -0.4 is 10.1 Å². The average molecular weight is 330 g/mol. The Labute approximate surface area is 141 Å². The summed E-state index contributed by atoms with van der Waals surface area (Å²) in [6.07, 6.45) is 7.09. The lowest BCUT2D eigenvalue weighted by Gasteiger charge is -2.19. The molecule has 0 radical (unpaired) electrons. The maximum Gasteiger partial charge on any atom is 0.267 e. The molecule has 1 N–H and O–H groups in total. The summed E-state index contributed by atoms with van der Waals surface area (Å²) in [6.45, 7) is 0.325.